The molecule has 1 saturated carbocycles. The van der Waals surface area contributed by atoms with Gasteiger partial charge in [0.15, 0.2) is 0 Å². The number of hydrogen-bond donors (Lipinski definition) is 0. The smallest absolute Gasteiger partial charge is 0.308 e. The van der Waals surface area contributed by atoms with Crippen molar-refractivity contribution in [3.05, 3.63) is 33.9 Å². The van der Waals surface area contributed by atoms with E-state index in [1.54, 1.807) is 0 Å². The van der Waals surface area contributed by atoms with Gasteiger partial charge < -0.3 is 9.47 Å². The van der Waals surface area contributed by atoms with Crippen molar-refractivity contribution in [2.45, 2.75) is 90.6 Å². The summed E-state index contributed by atoms with van der Waals surface area (Å²) in [4.78, 5) is 11.9. The maximum atomic E-state index is 11.9. The van der Waals surface area contributed by atoms with Gasteiger partial charge in [-0.15, -0.1) is 0 Å². The Hall–Kier alpha value is -1.77. The number of rotatable bonds is 3. The number of carbonyl (C=O) groups excluding carboxylic acids is 1. The second-order valence-corrected chi connectivity index (χ2v) is 9.09. The van der Waals surface area contributed by atoms with Crippen LogP contribution < -0.4 is 9.47 Å². The van der Waals surface area contributed by atoms with E-state index in [4.69, 9.17) is 9.47 Å². The Bertz CT molecular complexity index is 796. The fourth-order valence-corrected chi connectivity index (χ4v) is 5.08. The number of allylic oxidation sites excluding steroid dienone is 2. The van der Waals surface area contributed by atoms with Crippen molar-refractivity contribution in [2.24, 2.45) is 0 Å². The van der Waals surface area contributed by atoms with Crippen LogP contribution in [-0.4, -0.2) is 11.6 Å². The van der Waals surface area contributed by atoms with E-state index >= 15 is 0 Å². The van der Waals surface area contributed by atoms with Gasteiger partial charge in [0.05, 0.1) is 0 Å². The first-order valence-corrected chi connectivity index (χ1v) is 9.99. The van der Waals surface area contributed by atoms with Gasteiger partial charge in [-0.05, 0) is 78.1 Å². The maximum Gasteiger partial charge on any atom is 0.308 e. The quantitative estimate of drug-likeness (QED) is 0.403. The number of benzene rings is 1. The molecule has 1 aliphatic heterocycles. The first-order valence-electron chi connectivity index (χ1n) is 9.99. The van der Waals surface area contributed by atoms with Crippen molar-refractivity contribution in [3.63, 3.8) is 0 Å². The third-order valence-corrected chi connectivity index (χ3v) is 6.26. The van der Waals surface area contributed by atoms with E-state index in [1.165, 1.54) is 54.0 Å². The zero-order chi connectivity index (χ0) is 18.6. The lowest BCUT2D eigenvalue weighted by molar-refractivity contribution is -0.132. The number of hydrogen-bond acceptors (Lipinski definition) is 3. The Balaban J connectivity index is 1.96. The minimum atomic E-state index is -0.217. The van der Waals surface area contributed by atoms with Crippen LogP contribution in [0.4, 0.5) is 0 Å². The Morgan fingerprint density at radius 1 is 1.19 bits per heavy atom. The molecule has 3 aliphatic rings. The van der Waals surface area contributed by atoms with Crippen molar-refractivity contribution in [3.8, 4) is 11.5 Å². The third kappa shape index (κ3) is 2.86. The highest BCUT2D eigenvalue weighted by atomic mass is 16.5. The third-order valence-electron chi connectivity index (χ3n) is 6.26. The number of esters is 1. The van der Waals surface area contributed by atoms with Crippen LogP contribution in [-0.2, 0) is 17.6 Å². The molecule has 1 fully saturated rings. The molecule has 1 heterocycles. The van der Waals surface area contributed by atoms with E-state index in [-0.39, 0.29) is 11.6 Å². The van der Waals surface area contributed by atoms with Crippen LogP contribution in [0.3, 0.4) is 0 Å². The van der Waals surface area contributed by atoms with Crippen molar-refractivity contribution in [1.82, 2.24) is 0 Å². The molecule has 2 bridgehead atoms. The highest BCUT2D eigenvalue weighted by Crippen LogP contribution is 2.61. The van der Waals surface area contributed by atoms with Gasteiger partial charge in [0.25, 0.3) is 0 Å². The fourth-order valence-electron chi connectivity index (χ4n) is 5.08. The van der Waals surface area contributed by atoms with E-state index in [0.717, 1.165) is 30.8 Å². The molecule has 2 atom stereocenters. The predicted molar refractivity (Wildman–Crippen MR) is 103 cm³/mol. The van der Waals surface area contributed by atoms with Gasteiger partial charge in [-0.2, -0.15) is 0 Å². The average Bonchev–Trinajstić information content (AvgIpc) is 3.14. The summed E-state index contributed by atoms with van der Waals surface area (Å²) in [6.07, 6.45) is 8.66. The van der Waals surface area contributed by atoms with Gasteiger partial charge in [0.1, 0.15) is 17.1 Å². The maximum absolute atomic E-state index is 11.9. The van der Waals surface area contributed by atoms with Gasteiger partial charge in [-0.1, -0.05) is 11.6 Å². The van der Waals surface area contributed by atoms with Crippen LogP contribution >= 0.6 is 0 Å². The van der Waals surface area contributed by atoms with E-state index in [9.17, 15) is 4.79 Å². The Kier molecular flexibility index (Phi) is 4.17. The van der Waals surface area contributed by atoms with Crippen molar-refractivity contribution >= 4 is 5.97 Å². The van der Waals surface area contributed by atoms with Gasteiger partial charge in [0.2, 0.25) is 0 Å². The second kappa shape index (κ2) is 6.14. The second-order valence-electron chi connectivity index (χ2n) is 9.09. The molecule has 0 saturated heterocycles. The van der Waals surface area contributed by atoms with Crippen LogP contribution in [0.1, 0.15) is 94.4 Å². The van der Waals surface area contributed by atoms with Gasteiger partial charge >= 0.3 is 5.97 Å². The zero-order valence-electron chi connectivity index (χ0n) is 16.7. The standard InChI is InChI=1S/C23H30O3/c1-13(2)6-9-17-18-10-11-23(4,5)26-22(18)20-16-8-7-15(12-16)19(20)21(17)25-14(3)24/h6,15-16H,7-12H2,1-5H3. The highest BCUT2D eigenvalue weighted by molar-refractivity contribution is 5.74. The van der Waals surface area contributed by atoms with Gasteiger partial charge in [-0.3, -0.25) is 4.79 Å². The topological polar surface area (TPSA) is 35.5 Å². The number of ether oxygens (including phenoxy) is 2. The molecule has 2 aliphatic carbocycles. The zero-order valence-corrected chi connectivity index (χ0v) is 16.7. The summed E-state index contributed by atoms with van der Waals surface area (Å²) in [5, 5.41) is 0. The normalized spacial score (nSPS) is 24.5. The van der Waals surface area contributed by atoms with Crippen LogP contribution in [0.5, 0.6) is 11.5 Å². The van der Waals surface area contributed by atoms with Crippen LogP contribution in [0.25, 0.3) is 0 Å². The molecule has 2 unspecified atom stereocenters. The number of fused-ring (bicyclic) bond motifs is 7. The summed E-state index contributed by atoms with van der Waals surface area (Å²) in [6.45, 7) is 10.1. The SMILES string of the molecule is CC(=O)Oc1c(CC=C(C)C)c2c(c3c1C1CCC3C1)OC(C)(C)CC2. The lowest BCUT2D eigenvalue weighted by Gasteiger charge is -2.37. The van der Waals surface area contributed by atoms with Crippen LogP contribution in [0, 0.1) is 0 Å². The van der Waals surface area contributed by atoms with Crippen LogP contribution in [0.15, 0.2) is 11.6 Å². The number of carbonyl (C=O) groups is 1. The van der Waals surface area contributed by atoms with Crippen molar-refractivity contribution in [1.29, 1.82) is 0 Å². The van der Waals surface area contributed by atoms with Crippen LogP contribution in [0.2, 0.25) is 0 Å². The average molecular weight is 354 g/mol. The van der Waals surface area contributed by atoms with Crippen molar-refractivity contribution in [2.75, 3.05) is 0 Å². The molecule has 1 aromatic rings. The molecule has 0 radical (unpaired) electrons. The monoisotopic (exact) mass is 354 g/mol. The van der Waals surface area contributed by atoms with Gasteiger partial charge in [0, 0.05) is 29.2 Å². The lowest BCUT2D eigenvalue weighted by atomic mass is 9.81. The summed E-state index contributed by atoms with van der Waals surface area (Å²) in [7, 11) is 0. The largest absolute Gasteiger partial charge is 0.487 e. The van der Waals surface area contributed by atoms with E-state index in [2.05, 4.69) is 33.8 Å². The molecule has 3 nitrogen and oxygen atoms in total. The first-order chi connectivity index (χ1) is 12.3. The molecule has 0 N–H and O–H groups in total. The molecule has 0 aromatic heterocycles. The molecule has 1 aromatic carbocycles. The minimum Gasteiger partial charge on any atom is -0.487 e. The molecule has 4 rings (SSSR count). The Labute approximate surface area is 156 Å². The summed E-state index contributed by atoms with van der Waals surface area (Å²) >= 11 is 0. The molecule has 26 heavy (non-hydrogen) atoms. The predicted octanol–water partition coefficient (Wildman–Crippen LogP) is 5.59. The van der Waals surface area contributed by atoms with Gasteiger partial charge in [-0.25, -0.2) is 0 Å². The van der Waals surface area contributed by atoms with E-state index in [1.807, 2.05) is 0 Å². The molecule has 0 amide bonds. The summed E-state index contributed by atoms with van der Waals surface area (Å²) in [5.74, 6) is 2.86. The lowest BCUT2D eigenvalue weighted by Crippen LogP contribution is -2.34. The molecular formula is C23H30O3. The van der Waals surface area contributed by atoms with E-state index < -0.39 is 0 Å². The fraction of sp³-hybridized carbons (Fsp3) is 0.609. The molecular weight excluding hydrogens is 324 g/mol. The van der Waals surface area contributed by atoms with Crippen molar-refractivity contribution < 1.29 is 14.3 Å². The Morgan fingerprint density at radius 3 is 2.54 bits per heavy atom. The highest BCUT2D eigenvalue weighted by Gasteiger charge is 2.45. The molecule has 140 valence electrons. The Morgan fingerprint density at radius 2 is 1.88 bits per heavy atom. The summed E-state index contributed by atoms with van der Waals surface area (Å²) in [6, 6.07) is 0. The first kappa shape index (κ1) is 17.6. The molecule has 0 spiro atoms. The molecule has 3 heteroatoms. The summed E-state index contributed by atoms with van der Waals surface area (Å²) in [5.41, 5.74) is 6.26. The summed E-state index contributed by atoms with van der Waals surface area (Å²) < 4.78 is 12.4. The van der Waals surface area contributed by atoms with E-state index in [0.29, 0.717) is 11.8 Å². The minimum absolute atomic E-state index is 0.126.